The molecule has 1 amide bonds. The fraction of sp³-hybridized carbons (Fsp3) is 0.130. The van der Waals surface area contributed by atoms with Crippen molar-refractivity contribution in [2.45, 2.75) is 13.5 Å². The lowest BCUT2D eigenvalue weighted by Crippen LogP contribution is -2.10. The number of nitrogens with zero attached hydrogens (tertiary/aromatic N) is 1. The summed E-state index contributed by atoms with van der Waals surface area (Å²) in [6.45, 7) is 2.44. The van der Waals surface area contributed by atoms with Gasteiger partial charge in [0.2, 0.25) is 5.91 Å². The van der Waals surface area contributed by atoms with E-state index in [0.717, 1.165) is 10.4 Å². The highest BCUT2D eigenvalue weighted by Gasteiger charge is 2.19. The lowest BCUT2D eigenvalue weighted by molar-refractivity contribution is 0.0697. The highest BCUT2D eigenvalue weighted by molar-refractivity contribution is 7.09. The molecule has 0 radical (unpaired) electrons. The van der Waals surface area contributed by atoms with Gasteiger partial charge in [-0.15, -0.1) is 11.3 Å². The number of hydrogen-bond acceptors (Lipinski definition) is 5. The van der Waals surface area contributed by atoms with Gasteiger partial charge >= 0.3 is 5.97 Å². The first-order chi connectivity index (χ1) is 14.8. The van der Waals surface area contributed by atoms with Crippen LogP contribution < -0.4 is 10.5 Å². The van der Waals surface area contributed by atoms with Crippen LogP contribution in [0.4, 0.5) is 0 Å². The number of carboxylic acid groups (broad SMARTS) is 1. The number of thiophene rings is 1. The fourth-order valence-corrected chi connectivity index (χ4v) is 3.97. The van der Waals surface area contributed by atoms with E-state index in [4.69, 9.17) is 10.5 Å². The van der Waals surface area contributed by atoms with Crippen molar-refractivity contribution in [2.75, 3.05) is 7.11 Å². The molecule has 0 saturated carbocycles. The Kier molecular flexibility index (Phi) is 6.61. The average Bonchev–Trinajstić information content (AvgIpc) is 3.35. The van der Waals surface area contributed by atoms with Crippen LogP contribution in [0.1, 0.15) is 31.3 Å². The number of carbonyl (C=O) groups is 2. The topological polar surface area (TPSA) is 115 Å². The molecular weight excluding hydrogens is 416 g/mol. The molecule has 0 bridgehead atoms. The molecule has 4 N–H and O–H groups in total. The van der Waals surface area contributed by atoms with Gasteiger partial charge in [-0.1, -0.05) is 12.1 Å². The van der Waals surface area contributed by atoms with Crippen LogP contribution >= 0.6 is 11.3 Å². The van der Waals surface area contributed by atoms with Crippen molar-refractivity contribution >= 4 is 34.1 Å². The summed E-state index contributed by atoms with van der Waals surface area (Å²) in [6, 6.07) is 15.6. The SMILES string of the molecule is COc1cccc(C(N)=O)c1.Cc1c(C(=O)O)c2cc(O)ccc2n1Cc1cccs1. The Morgan fingerprint density at radius 1 is 1.13 bits per heavy atom. The normalized spacial score (nSPS) is 10.4. The van der Waals surface area contributed by atoms with Gasteiger partial charge in [0.05, 0.1) is 19.2 Å². The van der Waals surface area contributed by atoms with Gasteiger partial charge in [-0.05, 0) is 54.8 Å². The number of aromatic hydroxyl groups is 1. The summed E-state index contributed by atoms with van der Waals surface area (Å²) >= 11 is 1.64. The smallest absolute Gasteiger partial charge is 0.338 e. The fourth-order valence-electron chi connectivity index (χ4n) is 3.28. The Balaban J connectivity index is 0.000000210. The molecule has 2 aromatic heterocycles. The average molecular weight is 439 g/mol. The van der Waals surface area contributed by atoms with E-state index >= 15 is 0 Å². The molecule has 0 aliphatic carbocycles. The summed E-state index contributed by atoms with van der Waals surface area (Å²) in [6.07, 6.45) is 0. The van der Waals surface area contributed by atoms with Crippen molar-refractivity contribution in [2.24, 2.45) is 5.73 Å². The zero-order chi connectivity index (χ0) is 22.5. The van der Waals surface area contributed by atoms with Crippen molar-refractivity contribution < 1.29 is 24.5 Å². The van der Waals surface area contributed by atoms with E-state index in [1.54, 1.807) is 61.8 Å². The number of hydrogen-bond donors (Lipinski definition) is 3. The maximum absolute atomic E-state index is 11.5. The number of amides is 1. The quantitative estimate of drug-likeness (QED) is 0.431. The van der Waals surface area contributed by atoms with Gasteiger partial charge in [0, 0.05) is 27.0 Å². The summed E-state index contributed by atoms with van der Waals surface area (Å²) in [5, 5.41) is 21.6. The minimum absolute atomic E-state index is 0.0771. The van der Waals surface area contributed by atoms with Crippen molar-refractivity contribution in [1.29, 1.82) is 0 Å². The molecular formula is C23H22N2O5S. The first kappa shape index (κ1) is 21.9. The second-order valence-corrected chi connectivity index (χ2v) is 7.76. The number of primary amides is 1. The summed E-state index contributed by atoms with van der Waals surface area (Å²) in [7, 11) is 1.54. The number of phenolic OH excluding ortho intramolecular Hbond substituents is 1. The van der Waals surface area contributed by atoms with E-state index in [9.17, 15) is 19.8 Å². The molecule has 7 nitrogen and oxygen atoms in total. The van der Waals surface area contributed by atoms with Crippen LogP contribution in [0.5, 0.6) is 11.5 Å². The molecule has 0 spiro atoms. The molecule has 0 aliphatic heterocycles. The molecule has 4 aromatic rings. The van der Waals surface area contributed by atoms with E-state index in [2.05, 4.69) is 0 Å². The molecule has 2 aromatic carbocycles. The monoisotopic (exact) mass is 438 g/mol. The predicted molar refractivity (Wildman–Crippen MR) is 120 cm³/mol. The van der Waals surface area contributed by atoms with E-state index in [1.165, 1.54) is 6.07 Å². The Morgan fingerprint density at radius 2 is 1.90 bits per heavy atom. The molecule has 31 heavy (non-hydrogen) atoms. The molecule has 4 rings (SSSR count). The number of carboxylic acids is 1. The highest BCUT2D eigenvalue weighted by Crippen LogP contribution is 2.30. The van der Waals surface area contributed by atoms with Gasteiger partial charge in [0.25, 0.3) is 0 Å². The van der Waals surface area contributed by atoms with Gasteiger partial charge < -0.3 is 25.3 Å². The van der Waals surface area contributed by atoms with E-state index in [1.807, 2.05) is 22.1 Å². The maximum Gasteiger partial charge on any atom is 0.338 e. The van der Waals surface area contributed by atoms with E-state index < -0.39 is 11.9 Å². The number of aromatic carboxylic acids is 1. The standard InChI is InChI=1S/C15H13NO3S.C8H9NO2/c1-9-14(15(18)19)12-7-10(17)4-5-13(12)16(9)8-11-3-2-6-20-11;1-11-7-4-2-3-6(5-7)8(9)10/h2-7,17H,8H2,1H3,(H,18,19);2-5H,1H3,(H2,9,10). The van der Waals surface area contributed by atoms with Gasteiger partial charge in [-0.3, -0.25) is 4.79 Å². The van der Waals surface area contributed by atoms with Crippen LogP contribution in [0.2, 0.25) is 0 Å². The Morgan fingerprint density at radius 3 is 2.52 bits per heavy atom. The van der Waals surface area contributed by atoms with Crippen LogP contribution in [-0.2, 0) is 6.54 Å². The van der Waals surface area contributed by atoms with E-state index in [-0.39, 0.29) is 11.3 Å². The van der Waals surface area contributed by atoms with Crippen LogP contribution in [0.15, 0.2) is 60.0 Å². The number of rotatable bonds is 5. The van der Waals surface area contributed by atoms with Gasteiger partial charge in [-0.25, -0.2) is 4.79 Å². The molecule has 0 atom stereocenters. The first-order valence-corrected chi connectivity index (χ1v) is 10.2. The Labute approximate surface area is 182 Å². The number of methoxy groups -OCH3 is 1. The van der Waals surface area contributed by atoms with Gasteiger partial charge in [0.15, 0.2) is 0 Å². The molecule has 0 saturated heterocycles. The molecule has 8 heteroatoms. The van der Waals surface area contributed by atoms with Crippen molar-refractivity contribution in [1.82, 2.24) is 4.57 Å². The zero-order valence-electron chi connectivity index (χ0n) is 17.0. The van der Waals surface area contributed by atoms with Crippen LogP contribution in [0, 0.1) is 6.92 Å². The number of ether oxygens (including phenoxy) is 1. The third kappa shape index (κ3) is 4.87. The number of aromatic nitrogens is 1. The molecule has 2 heterocycles. The van der Waals surface area contributed by atoms with Gasteiger partial charge in [0.1, 0.15) is 11.5 Å². The number of fused-ring (bicyclic) bond motifs is 1. The number of phenols is 1. The zero-order valence-corrected chi connectivity index (χ0v) is 17.8. The third-order valence-corrected chi connectivity index (χ3v) is 5.63. The predicted octanol–water partition coefficient (Wildman–Crippen LogP) is 4.26. The van der Waals surface area contributed by atoms with Crippen molar-refractivity contribution in [3.63, 3.8) is 0 Å². The largest absolute Gasteiger partial charge is 0.508 e. The first-order valence-electron chi connectivity index (χ1n) is 9.33. The highest BCUT2D eigenvalue weighted by atomic mass is 32.1. The summed E-state index contributed by atoms with van der Waals surface area (Å²) in [5.41, 5.74) is 7.29. The number of nitrogens with two attached hydrogens (primary N) is 1. The second-order valence-electron chi connectivity index (χ2n) is 6.73. The van der Waals surface area contributed by atoms with Crippen LogP contribution in [0.3, 0.4) is 0 Å². The van der Waals surface area contributed by atoms with Crippen molar-refractivity contribution in [3.05, 3.63) is 81.7 Å². The minimum atomic E-state index is -0.969. The Bertz CT molecular complexity index is 1230. The van der Waals surface area contributed by atoms with E-state index in [0.29, 0.717) is 28.9 Å². The third-order valence-electron chi connectivity index (χ3n) is 4.77. The second kappa shape index (κ2) is 9.36. The molecule has 0 fully saturated rings. The van der Waals surface area contributed by atoms with Crippen molar-refractivity contribution in [3.8, 4) is 11.5 Å². The minimum Gasteiger partial charge on any atom is -0.508 e. The maximum atomic E-state index is 11.5. The van der Waals surface area contributed by atoms with Crippen LogP contribution in [0.25, 0.3) is 10.9 Å². The molecule has 0 aliphatic rings. The molecule has 160 valence electrons. The lowest BCUT2D eigenvalue weighted by atomic mass is 10.1. The van der Waals surface area contributed by atoms with Crippen LogP contribution in [-0.4, -0.2) is 33.8 Å². The summed E-state index contributed by atoms with van der Waals surface area (Å²) in [5.74, 6) is -0.693. The Hall–Kier alpha value is -3.78. The summed E-state index contributed by atoms with van der Waals surface area (Å²) in [4.78, 5) is 23.3. The molecule has 0 unspecified atom stereocenters. The lowest BCUT2D eigenvalue weighted by Gasteiger charge is -2.06. The summed E-state index contributed by atoms with van der Waals surface area (Å²) < 4.78 is 6.87. The number of benzene rings is 2. The number of carbonyl (C=O) groups excluding carboxylic acids is 1. The van der Waals surface area contributed by atoms with Gasteiger partial charge in [-0.2, -0.15) is 0 Å².